The van der Waals surface area contributed by atoms with Crippen LogP contribution in [0.4, 0.5) is 4.79 Å². The molecule has 2 unspecified atom stereocenters. The SMILES string of the molecule is O=C(O)CC1CSCCN1C(=O)NC1CCSC1. The number of aliphatic carboxylic acids is 1. The molecule has 2 aliphatic heterocycles. The van der Waals surface area contributed by atoms with E-state index in [0.29, 0.717) is 6.54 Å². The predicted octanol–water partition coefficient (Wildman–Crippen LogP) is 1.09. The lowest BCUT2D eigenvalue weighted by Gasteiger charge is -2.35. The molecule has 2 rings (SSSR count). The lowest BCUT2D eigenvalue weighted by Crippen LogP contribution is -2.53. The Labute approximate surface area is 115 Å². The molecule has 0 aromatic heterocycles. The zero-order valence-corrected chi connectivity index (χ0v) is 11.8. The fourth-order valence-corrected chi connectivity index (χ4v) is 4.41. The van der Waals surface area contributed by atoms with Crippen molar-refractivity contribution in [3.8, 4) is 0 Å². The molecule has 2 saturated heterocycles. The zero-order chi connectivity index (χ0) is 13.0. The molecule has 0 aromatic rings. The number of amides is 2. The molecule has 2 aliphatic rings. The molecule has 0 bridgehead atoms. The van der Waals surface area contributed by atoms with Crippen molar-refractivity contribution in [3.05, 3.63) is 0 Å². The summed E-state index contributed by atoms with van der Waals surface area (Å²) >= 11 is 3.57. The van der Waals surface area contributed by atoms with Crippen LogP contribution in [0, 0.1) is 0 Å². The Balaban J connectivity index is 1.90. The first-order chi connectivity index (χ1) is 8.66. The van der Waals surface area contributed by atoms with Gasteiger partial charge in [-0.25, -0.2) is 4.79 Å². The van der Waals surface area contributed by atoms with Crippen molar-refractivity contribution in [2.24, 2.45) is 0 Å². The first kappa shape index (κ1) is 13.9. The highest BCUT2D eigenvalue weighted by Crippen LogP contribution is 2.21. The summed E-state index contributed by atoms with van der Waals surface area (Å²) in [6.07, 6.45) is 1.06. The van der Waals surface area contributed by atoms with Crippen LogP contribution in [0.5, 0.6) is 0 Å². The van der Waals surface area contributed by atoms with Gasteiger partial charge in [0.15, 0.2) is 0 Å². The van der Waals surface area contributed by atoms with Gasteiger partial charge in [0.2, 0.25) is 0 Å². The number of hydrogen-bond acceptors (Lipinski definition) is 4. The molecule has 0 aliphatic carbocycles. The van der Waals surface area contributed by atoms with Gasteiger partial charge in [-0.3, -0.25) is 4.79 Å². The number of nitrogens with one attached hydrogen (secondary N) is 1. The molecular formula is C11H18N2O3S2. The average molecular weight is 290 g/mol. The molecule has 0 saturated carbocycles. The molecule has 0 aromatic carbocycles. The van der Waals surface area contributed by atoms with E-state index in [0.717, 1.165) is 29.4 Å². The second-order valence-electron chi connectivity index (χ2n) is 4.53. The minimum absolute atomic E-state index is 0.0415. The van der Waals surface area contributed by atoms with Crippen molar-refractivity contribution in [1.29, 1.82) is 0 Å². The summed E-state index contributed by atoms with van der Waals surface area (Å²) in [5.74, 6) is 2.84. The van der Waals surface area contributed by atoms with Gasteiger partial charge in [0.25, 0.3) is 0 Å². The fraction of sp³-hybridized carbons (Fsp3) is 0.818. The third-order valence-corrected chi connectivity index (χ3v) is 5.41. The largest absolute Gasteiger partial charge is 0.481 e. The van der Waals surface area contributed by atoms with Crippen LogP contribution in [0.15, 0.2) is 0 Å². The van der Waals surface area contributed by atoms with Crippen molar-refractivity contribution >= 4 is 35.5 Å². The van der Waals surface area contributed by atoms with Crippen LogP contribution in [0.1, 0.15) is 12.8 Å². The fourth-order valence-electron chi connectivity index (χ4n) is 2.20. The number of thioether (sulfide) groups is 2. The van der Waals surface area contributed by atoms with Gasteiger partial charge in [0.05, 0.1) is 12.5 Å². The third-order valence-electron chi connectivity index (χ3n) is 3.16. The van der Waals surface area contributed by atoms with E-state index in [1.54, 1.807) is 16.7 Å². The van der Waals surface area contributed by atoms with Gasteiger partial charge in [-0.1, -0.05) is 0 Å². The molecule has 5 nitrogen and oxygen atoms in total. The molecular weight excluding hydrogens is 272 g/mol. The van der Waals surface area contributed by atoms with Crippen molar-refractivity contribution in [1.82, 2.24) is 10.2 Å². The molecule has 102 valence electrons. The van der Waals surface area contributed by atoms with Gasteiger partial charge < -0.3 is 15.3 Å². The Morgan fingerprint density at radius 1 is 1.28 bits per heavy atom. The summed E-state index contributed by atoms with van der Waals surface area (Å²) in [5.41, 5.74) is 0. The van der Waals surface area contributed by atoms with E-state index in [-0.39, 0.29) is 24.5 Å². The highest BCUT2D eigenvalue weighted by atomic mass is 32.2. The molecule has 7 heteroatoms. The number of urea groups is 1. The Kier molecular flexibility index (Phi) is 5.05. The van der Waals surface area contributed by atoms with Crippen molar-refractivity contribution in [2.75, 3.05) is 29.6 Å². The molecule has 2 fully saturated rings. The maximum atomic E-state index is 12.1. The van der Waals surface area contributed by atoms with Crippen molar-refractivity contribution < 1.29 is 14.7 Å². The predicted molar refractivity (Wildman–Crippen MR) is 74.3 cm³/mol. The smallest absolute Gasteiger partial charge is 0.317 e. The number of carboxylic acid groups (broad SMARTS) is 1. The maximum absolute atomic E-state index is 12.1. The molecule has 2 heterocycles. The summed E-state index contributed by atoms with van der Waals surface area (Å²) in [5, 5.41) is 11.9. The standard InChI is InChI=1S/C11H18N2O3S2/c14-10(15)5-9-7-18-4-2-13(9)11(16)12-8-1-3-17-6-8/h8-9H,1-7H2,(H,12,16)(H,14,15). The summed E-state index contributed by atoms with van der Waals surface area (Å²) in [7, 11) is 0. The van der Waals surface area contributed by atoms with E-state index in [9.17, 15) is 9.59 Å². The minimum atomic E-state index is -0.836. The van der Waals surface area contributed by atoms with Crippen molar-refractivity contribution in [2.45, 2.75) is 24.9 Å². The van der Waals surface area contributed by atoms with Crippen LogP contribution in [0.2, 0.25) is 0 Å². The van der Waals surface area contributed by atoms with Gasteiger partial charge in [-0.15, -0.1) is 0 Å². The van der Waals surface area contributed by atoms with E-state index in [2.05, 4.69) is 5.32 Å². The summed E-state index contributed by atoms with van der Waals surface area (Å²) < 4.78 is 0. The molecule has 0 spiro atoms. The van der Waals surface area contributed by atoms with E-state index in [1.165, 1.54) is 0 Å². The second kappa shape index (κ2) is 6.56. The van der Waals surface area contributed by atoms with Crippen LogP contribution in [-0.4, -0.2) is 63.6 Å². The number of nitrogens with zero attached hydrogens (tertiary/aromatic N) is 1. The topological polar surface area (TPSA) is 69.6 Å². The van der Waals surface area contributed by atoms with Gasteiger partial charge in [-0.05, 0) is 12.2 Å². The highest BCUT2D eigenvalue weighted by Gasteiger charge is 2.30. The van der Waals surface area contributed by atoms with E-state index < -0.39 is 5.97 Å². The van der Waals surface area contributed by atoms with Crippen molar-refractivity contribution in [3.63, 3.8) is 0 Å². The number of hydrogen-bond donors (Lipinski definition) is 2. The number of carbonyl (C=O) groups is 2. The van der Waals surface area contributed by atoms with E-state index in [1.807, 2.05) is 11.8 Å². The third kappa shape index (κ3) is 3.71. The van der Waals surface area contributed by atoms with Gasteiger partial charge in [0.1, 0.15) is 0 Å². The Bertz CT molecular complexity index is 321. The first-order valence-electron chi connectivity index (χ1n) is 6.11. The summed E-state index contributed by atoms with van der Waals surface area (Å²) in [6, 6.07) is -0.00749. The lowest BCUT2D eigenvalue weighted by molar-refractivity contribution is -0.137. The zero-order valence-electron chi connectivity index (χ0n) is 10.1. The van der Waals surface area contributed by atoms with Gasteiger partial charge in [-0.2, -0.15) is 23.5 Å². The van der Waals surface area contributed by atoms with Crippen LogP contribution >= 0.6 is 23.5 Å². The average Bonchev–Trinajstić information content (AvgIpc) is 2.81. The monoisotopic (exact) mass is 290 g/mol. The Hall–Kier alpha value is -0.560. The summed E-state index contributed by atoms with van der Waals surface area (Å²) in [4.78, 5) is 24.7. The maximum Gasteiger partial charge on any atom is 0.317 e. The molecule has 2 amide bonds. The molecule has 2 N–H and O–H groups in total. The van der Waals surface area contributed by atoms with Gasteiger partial charge in [0, 0.05) is 29.8 Å². The van der Waals surface area contributed by atoms with E-state index >= 15 is 0 Å². The Morgan fingerprint density at radius 2 is 2.06 bits per heavy atom. The highest BCUT2D eigenvalue weighted by molar-refractivity contribution is 7.99. The quantitative estimate of drug-likeness (QED) is 0.814. The lowest BCUT2D eigenvalue weighted by atomic mass is 10.2. The Morgan fingerprint density at radius 3 is 2.72 bits per heavy atom. The molecule has 18 heavy (non-hydrogen) atoms. The van der Waals surface area contributed by atoms with Crippen LogP contribution in [0.25, 0.3) is 0 Å². The number of rotatable bonds is 3. The number of carboxylic acids is 1. The molecule has 0 radical (unpaired) electrons. The van der Waals surface area contributed by atoms with E-state index in [4.69, 9.17) is 5.11 Å². The first-order valence-corrected chi connectivity index (χ1v) is 8.42. The molecule has 2 atom stereocenters. The van der Waals surface area contributed by atoms with Crippen LogP contribution in [0.3, 0.4) is 0 Å². The van der Waals surface area contributed by atoms with Crippen LogP contribution in [-0.2, 0) is 4.79 Å². The minimum Gasteiger partial charge on any atom is -0.481 e. The van der Waals surface area contributed by atoms with Crippen LogP contribution < -0.4 is 5.32 Å². The second-order valence-corrected chi connectivity index (χ2v) is 6.83. The van der Waals surface area contributed by atoms with Gasteiger partial charge >= 0.3 is 12.0 Å². The number of carbonyl (C=O) groups excluding carboxylic acids is 1. The summed E-state index contributed by atoms with van der Waals surface area (Å²) in [6.45, 7) is 0.647. The normalized spacial score (nSPS) is 28.1.